The lowest BCUT2D eigenvalue weighted by Gasteiger charge is -2.27. The molecule has 1 N–H and O–H groups in total. The molecule has 0 aliphatic heterocycles. The molecule has 6 heteroatoms. The average Bonchev–Trinajstić information content (AvgIpc) is 2.53. The van der Waals surface area contributed by atoms with Crippen molar-refractivity contribution in [3.05, 3.63) is 59.7 Å². The fourth-order valence-corrected chi connectivity index (χ4v) is 4.10. The van der Waals surface area contributed by atoms with Crippen LogP contribution in [0, 0.1) is 0 Å². The minimum atomic E-state index is -3.50. The van der Waals surface area contributed by atoms with Crippen LogP contribution in [0.4, 0.5) is 0 Å². The Bertz CT molecular complexity index is 786. The maximum atomic E-state index is 12.5. The van der Waals surface area contributed by atoms with Gasteiger partial charge in [0.05, 0.1) is 25.5 Å². The fraction of sp³-hybridized carbons (Fsp3) is 0.333. The first-order valence-corrected chi connectivity index (χ1v) is 9.21. The summed E-state index contributed by atoms with van der Waals surface area (Å²) in [4.78, 5) is 0. The Morgan fingerprint density at radius 1 is 0.958 bits per heavy atom. The van der Waals surface area contributed by atoms with Crippen molar-refractivity contribution >= 4 is 10.0 Å². The molecule has 2 aromatic rings. The second-order valence-electron chi connectivity index (χ2n) is 6.04. The standard InChI is InChI=1S/C18H23NO4S/c1-18(2,15-10-11-16(22-3)17(12-15)23-4)19-24(20,21)13-14-8-6-5-7-9-14/h5-12,19H,13H2,1-4H3. The van der Waals surface area contributed by atoms with E-state index in [-0.39, 0.29) is 5.75 Å². The third-order valence-electron chi connectivity index (χ3n) is 3.72. The van der Waals surface area contributed by atoms with Gasteiger partial charge in [-0.05, 0) is 37.1 Å². The molecule has 24 heavy (non-hydrogen) atoms. The summed E-state index contributed by atoms with van der Waals surface area (Å²) < 4.78 is 38.3. The summed E-state index contributed by atoms with van der Waals surface area (Å²) in [5, 5.41) is 0. The Morgan fingerprint density at radius 3 is 2.17 bits per heavy atom. The Balaban J connectivity index is 2.24. The van der Waals surface area contributed by atoms with Crippen molar-refractivity contribution in [3.8, 4) is 11.5 Å². The van der Waals surface area contributed by atoms with E-state index in [4.69, 9.17) is 9.47 Å². The Hall–Kier alpha value is -2.05. The highest BCUT2D eigenvalue weighted by Gasteiger charge is 2.28. The monoisotopic (exact) mass is 349 g/mol. The second-order valence-corrected chi connectivity index (χ2v) is 7.76. The molecule has 0 bridgehead atoms. The van der Waals surface area contributed by atoms with Gasteiger partial charge in [0.15, 0.2) is 11.5 Å². The molecule has 0 saturated heterocycles. The van der Waals surface area contributed by atoms with Crippen LogP contribution in [0.2, 0.25) is 0 Å². The van der Waals surface area contributed by atoms with Gasteiger partial charge in [0.25, 0.3) is 0 Å². The van der Waals surface area contributed by atoms with E-state index in [2.05, 4.69) is 4.72 Å². The van der Waals surface area contributed by atoms with Gasteiger partial charge in [-0.15, -0.1) is 0 Å². The number of hydrogen-bond donors (Lipinski definition) is 1. The number of methoxy groups -OCH3 is 2. The van der Waals surface area contributed by atoms with Crippen LogP contribution >= 0.6 is 0 Å². The van der Waals surface area contributed by atoms with Crippen LogP contribution in [0.25, 0.3) is 0 Å². The van der Waals surface area contributed by atoms with E-state index >= 15 is 0 Å². The Kier molecular flexibility index (Phi) is 5.51. The van der Waals surface area contributed by atoms with Crippen molar-refractivity contribution in [2.75, 3.05) is 14.2 Å². The van der Waals surface area contributed by atoms with Crippen LogP contribution in [0.15, 0.2) is 48.5 Å². The van der Waals surface area contributed by atoms with Gasteiger partial charge in [-0.25, -0.2) is 13.1 Å². The van der Waals surface area contributed by atoms with Crippen molar-refractivity contribution in [2.24, 2.45) is 0 Å². The lowest BCUT2D eigenvalue weighted by atomic mass is 9.95. The molecule has 0 fully saturated rings. The molecule has 0 radical (unpaired) electrons. The molecule has 2 aromatic carbocycles. The molecular formula is C18H23NO4S. The van der Waals surface area contributed by atoms with Crippen LogP contribution in [0.1, 0.15) is 25.0 Å². The van der Waals surface area contributed by atoms with Gasteiger partial charge in [0.2, 0.25) is 10.0 Å². The maximum absolute atomic E-state index is 12.5. The highest BCUT2D eigenvalue weighted by atomic mass is 32.2. The van der Waals surface area contributed by atoms with E-state index in [0.717, 1.165) is 11.1 Å². The van der Waals surface area contributed by atoms with Crippen LogP contribution in [0.3, 0.4) is 0 Å². The molecule has 0 aromatic heterocycles. The lowest BCUT2D eigenvalue weighted by molar-refractivity contribution is 0.352. The summed E-state index contributed by atoms with van der Waals surface area (Å²) in [6.45, 7) is 3.63. The molecule has 0 atom stereocenters. The predicted octanol–water partition coefficient (Wildman–Crippen LogP) is 3.06. The molecule has 0 heterocycles. The first-order valence-electron chi connectivity index (χ1n) is 7.55. The lowest BCUT2D eigenvalue weighted by Crippen LogP contribution is -2.41. The molecule has 0 amide bonds. The summed E-state index contributed by atoms with van der Waals surface area (Å²) in [7, 11) is -0.387. The van der Waals surface area contributed by atoms with Gasteiger partial charge in [-0.1, -0.05) is 36.4 Å². The minimum absolute atomic E-state index is 0.0649. The number of ether oxygens (including phenoxy) is 2. The topological polar surface area (TPSA) is 64.6 Å². The molecule has 130 valence electrons. The van der Waals surface area contributed by atoms with E-state index in [1.165, 1.54) is 0 Å². The molecule has 5 nitrogen and oxygen atoms in total. The summed E-state index contributed by atoms with van der Waals surface area (Å²) in [6.07, 6.45) is 0. The van der Waals surface area contributed by atoms with Gasteiger partial charge in [-0.2, -0.15) is 0 Å². The number of sulfonamides is 1. The zero-order chi connectivity index (χ0) is 17.8. The Morgan fingerprint density at radius 2 is 1.58 bits per heavy atom. The fourth-order valence-electron chi connectivity index (χ4n) is 2.50. The summed E-state index contributed by atoms with van der Waals surface area (Å²) in [5.74, 6) is 1.10. The normalized spacial score (nSPS) is 12.0. The zero-order valence-corrected chi connectivity index (χ0v) is 15.2. The van der Waals surface area contributed by atoms with E-state index < -0.39 is 15.6 Å². The molecule has 0 saturated carbocycles. The third-order valence-corrected chi connectivity index (χ3v) is 5.25. The van der Waals surface area contributed by atoms with E-state index in [9.17, 15) is 8.42 Å². The number of rotatable bonds is 7. The summed E-state index contributed by atoms with van der Waals surface area (Å²) in [6, 6.07) is 14.5. The molecule has 0 spiro atoms. The predicted molar refractivity (Wildman–Crippen MR) is 94.8 cm³/mol. The van der Waals surface area contributed by atoms with Crippen LogP contribution in [-0.2, 0) is 21.3 Å². The number of nitrogens with one attached hydrogen (secondary N) is 1. The largest absolute Gasteiger partial charge is 0.493 e. The number of hydrogen-bond acceptors (Lipinski definition) is 4. The van der Waals surface area contributed by atoms with E-state index in [0.29, 0.717) is 11.5 Å². The van der Waals surface area contributed by atoms with Crippen molar-refractivity contribution < 1.29 is 17.9 Å². The van der Waals surface area contributed by atoms with Gasteiger partial charge in [0, 0.05) is 0 Å². The van der Waals surface area contributed by atoms with Crippen LogP contribution < -0.4 is 14.2 Å². The summed E-state index contributed by atoms with van der Waals surface area (Å²) >= 11 is 0. The highest BCUT2D eigenvalue weighted by molar-refractivity contribution is 7.88. The second kappa shape index (κ2) is 7.23. The van der Waals surface area contributed by atoms with E-state index in [1.54, 1.807) is 38.5 Å². The summed E-state index contributed by atoms with van der Waals surface area (Å²) in [5.41, 5.74) is 0.748. The van der Waals surface area contributed by atoms with Gasteiger partial charge < -0.3 is 9.47 Å². The quantitative estimate of drug-likeness (QED) is 0.834. The zero-order valence-electron chi connectivity index (χ0n) is 14.4. The van der Waals surface area contributed by atoms with E-state index in [1.807, 2.05) is 38.1 Å². The highest BCUT2D eigenvalue weighted by Crippen LogP contribution is 2.32. The average molecular weight is 349 g/mol. The first kappa shape index (κ1) is 18.3. The van der Waals surface area contributed by atoms with Crippen LogP contribution in [-0.4, -0.2) is 22.6 Å². The number of benzene rings is 2. The third kappa shape index (κ3) is 4.49. The SMILES string of the molecule is COc1ccc(C(C)(C)NS(=O)(=O)Cc2ccccc2)cc1OC. The Labute approximate surface area is 143 Å². The smallest absolute Gasteiger partial charge is 0.216 e. The molecule has 0 unspecified atom stereocenters. The molecule has 2 rings (SSSR count). The van der Waals surface area contributed by atoms with Gasteiger partial charge in [-0.3, -0.25) is 0 Å². The van der Waals surface area contributed by atoms with Crippen LogP contribution in [0.5, 0.6) is 11.5 Å². The molecular weight excluding hydrogens is 326 g/mol. The van der Waals surface area contributed by atoms with Gasteiger partial charge in [0.1, 0.15) is 0 Å². The van der Waals surface area contributed by atoms with Crippen molar-refractivity contribution in [3.63, 3.8) is 0 Å². The van der Waals surface area contributed by atoms with Crippen molar-refractivity contribution in [1.29, 1.82) is 0 Å². The van der Waals surface area contributed by atoms with Gasteiger partial charge >= 0.3 is 0 Å². The maximum Gasteiger partial charge on any atom is 0.216 e. The van der Waals surface area contributed by atoms with Crippen molar-refractivity contribution in [1.82, 2.24) is 4.72 Å². The minimum Gasteiger partial charge on any atom is -0.493 e. The molecule has 0 aliphatic carbocycles. The van der Waals surface area contributed by atoms with Crippen molar-refractivity contribution in [2.45, 2.75) is 25.1 Å². The first-order chi connectivity index (χ1) is 11.3. The molecule has 0 aliphatic rings.